The molecule has 2 unspecified atom stereocenters. The first-order valence-corrected chi connectivity index (χ1v) is 9.53. The molecule has 2 atom stereocenters. The van der Waals surface area contributed by atoms with E-state index in [1.807, 2.05) is 47.1 Å². The monoisotopic (exact) mass is 359 g/mol. The summed E-state index contributed by atoms with van der Waals surface area (Å²) in [4.78, 5) is 29.2. The summed E-state index contributed by atoms with van der Waals surface area (Å²) in [6.07, 6.45) is 1.46. The topological polar surface area (TPSA) is 75.9 Å². The maximum atomic E-state index is 12.8. The molecule has 0 radical (unpaired) electrons. The van der Waals surface area contributed by atoms with Crippen molar-refractivity contribution in [3.63, 3.8) is 0 Å². The van der Waals surface area contributed by atoms with Crippen LogP contribution >= 0.6 is 0 Å². The third-order valence-electron chi connectivity index (χ3n) is 5.59. The molecule has 1 aromatic carbocycles. The Morgan fingerprint density at radius 1 is 1.04 bits per heavy atom. The van der Waals surface area contributed by atoms with E-state index >= 15 is 0 Å². The molecule has 0 aliphatic carbocycles. The first-order valence-electron chi connectivity index (χ1n) is 9.53. The summed E-state index contributed by atoms with van der Waals surface area (Å²) in [6, 6.07) is 9.43. The van der Waals surface area contributed by atoms with Gasteiger partial charge >= 0.3 is 0 Å². The van der Waals surface area contributed by atoms with Crippen LogP contribution in [0.1, 0.15) is 31.4 Å². The van der Waals surface area contributed by atoms with Crippen LogP contribution in [-0.2, 0) is 14.3 Å². The van der Waals surface area contributed by atoms with E-state index in [1.165, 1.54) is 0 Å². The van der Waals surface area contributed by atoms with Gasteiger partial charge in [0.15, 0.2) is 0 Å². The van der Waals surface area contributed by atoms with Gasteiger partial charge in [-0.1, -0.05) is 37.3 Å². The molecule has 0 saturated carbocycles. The highest BCUT2D eigenvalue weighted by Crippen LogP contribution is 2.25. The van der Waals surface area contributed by atoms with Gasteiger partial charge in [0.2, 0.25) is 11.8 Å². The number of carbonyl (C=O) groups is 2. The molecule has 2 aliphatic heterocycles. The van der Waals surface area contributed by atoms with E-state index in [0.717, 1.165) is 18.4 Å². The zero-order chi connectivity index (χ0) is 18.5. The number of carbonyl (C=O) groups excluding carboxylic acids is 2. The molecule has 2 saturated heterocycles. The molecular weight excluding hydrogens is 330 g/mol. The van der Waals surface area contributed by atoms with Gasteiger partial charge in [-0.2, -0.15) is 0 Å². The molecule has 3 rings (SSSR count). The van der Waals surface area contributed by atoms with Crippen molar-refractivity contribution < 1.29 is 14.3 Å². The summed E-state index contributed by atoms with van der Waals surface area (Å²) in [5.74, 6) is 0.0483. The van der Waals surface area contributed by atoms with Crippen molar-refractivity contribution in [1.29, 1.82) is 0 Å². The Kier molecular flexibility index (Phi) is 6.27. The van der Waals surface area contributed by atoms with Crippen LogP contribution in [0.2, 0.25) is 0 Å². The average Bonchev–Trinajstić information content (AvgIpc) is 2.73. The van der Waals surface area contributed by atoms with Crippen molar-refractivity contribution in [2.24, 2.45) is 17.6 Å². The van der Waals surface area contributed by atoms with Crippen molar-refractivity contribution in [3.05, 3.63) is 35.9 Å². The molecule has 2 aliphatic rings. The molecule has 2 amide bonds. The summed E-state index contributed by atoms with van der Waals surface area (Å²) in [6.45, 7) is 5.76. The van der Waals surface area contributed by atoms with E-state index in [2.05, 4.69) is 0 Å². The van der Waals surface area contributed by atoms with Crippen molar-refractivity contribution in [2.45, 2.75) is 25.8 Å². The third-order valence-corrected chi connectivity index (χ3v) is 5.59. The quantitative estimate of drug-likeness (QED) is 0.882. The Hall–Kier alpha value is -1.92. The van der Waals surface area contributed by atoms with Crippen molar-refractivity contribution >= 4 is 11.8 Å². The van der Waals surface area contributed by atoms with Crippen LogP contribution in [0.25, 0.3) is 0 Å². The van der Waals surface area contributed by atoms with Crippen LogP contribution < -0.4 is 5.73 Å². The summed E-state index contributed by atoms with van der Waals surface area (Å²) >= 11 is 0. The van der Waals surface area contributed by atoms with Crippen molar-refractivity contribution in [1.82, 2.24) is 9.80 Å². The minimum absolute atomic E-state index is 0.0234. The van der Waals surface area contributed by atoms with E-state index in [9.17, 15) is 9.59 Å². The lowest BCUT2D eigenvalue weighted by Crippen LogP contribution is -2.49. The van der Waals surface area contributed by atoms with Crippen molar-refractivity contribution in [2.75, 3.05) is 39.4 Å². The molecule has 0 aromatic heterocycles. The van der Waals surface area contributed by atoms with E-state index in [4.69, 9.17) is 10.5 Å². The van der Waals surface area contributed by atoms with E-state index in [0.29, 0.717) is 39.4 Å². The number of piperidine rings is 1. The number of hydrogen-bond donors (Lipinski definition) is 1. The van der Waals surface area contributed by atoms with Crippen LogP contribution in [0.4, 0.5) is 0 Å². The zero-order valence-corrected chi connectivity index (χ0v) is 15.5. The SMILES string of the molecule is CC(C(=O)N1CCC(C(=O)N2CCOCC2)CC1)C(N)c1ccccc1. The summed E-state index contributed by atoms with van der Waals surface area (Å²) in [5.41, 5.74) is 7.28. The van der Waals surface area contributed by atoms with Crippen LogP contribution in [0.15, 0.2) is 30.3 Å². The molecule has 1 aromatic rings. The first kappa shape index (κ1) is 18.9. The number of ether oxygens (including phenoxy) is 1. The molecule has 6 nitrogen and oxygen atoms in total. The normalized spacial score (nSPS) is 21.3. The largest absolute Gasteiger partial charge is 0.378 e. The fraction of sp³-hybridized carbons (Fsp3) is 0.600. The van der Waals surface area contributed by atoms with Crippen LogP contribution in [0.5, 0.6) is 0 Å². The zero-order valence-electron chi connectivity index (χ0n) is 15.5. The maximum absolute atomic E-state index is 12.8. The lowest BCUT2D eigenvalue weighted by molar-refractivity contribution is -0.145. The van der Waals surface area contributed by atoms with Crippen molar-refractivity contribution in [3.8, 4) is 0 Å². The van der Waals surface area contributed by atoms with Gasteiger partial charge in [-0.25, -0.2) is 0 Å². The molecular formula is C20H29N3O3. The third kappa shape index (κ3) is 4.24. The highest BCUT2D eigenvalue weighted by atomic mass is 16.5. The number of hydrogen-bond acceptors (Lipinski definition) is 4. The van der Waals surface area contributed by atoms with Crippen LogP contribution in [0.3, 0.4) is 0 Å². The first-order chi connectivity index (χ1) is 12.6. The standard InChI is InChI=1S/C20H29N3O3/c1-15(18(21)16-5-3-2-4-6-16)19(24)22-9-7-17(8-10-22)20(25)23-11-13-26-14-12-23/h2-6,15,17-18H,7-14,21H2,1H3. The number of morpholine rings is 1. The molecule has 0 spiro atoms. The second-order valence-corrected chi connectivity index (χ2v) is 7.26. The second-order valence-electron chi connectivity index (χ2n) is 7.26. The van der Waals surface area contributed by atoms with Crippen LogP contribution in [0, 0.1) is 11.8 Å². The lowest BCUT2D eigenvalue weighted by atomic mass is 9.91. The summed E-state index contributed by atoms with van der Waals surface area (Å²) in [5, 5.41) is 0. The maximum Gasteiger partial charge on any atom is 0.227 e. The fourth-order valence-electron chi connectivity index (χ4n) is 3.79. The van der Waals surface area contributed by atoms with Gasteiger partial charge in [0.25, 0.3) is 0 Å². The molecule has 142 valence electrons. The molecule has 26 heavy (non-hydrogen) atoms. The highest BCUT2D eigenvalue weighted by molar-refractivity contribution is 5.81. The van der Waals surface area contributed by atoms with Gasteiger partial charge in [-0.15, -0.1) is 0 Å². The lowest BCUT2D eigenvalue weighted by Gasteiger charge is -2.37. The highest BCUT2D eigenvalue weighted by Gasteiger charge is 2.33. The number of amides is 2. The number of likely N-dealkylation sites (tertiary alicyclic amines) is 1. The molecule has 2 N–H and O–H groups in total. The second kappa shape index (κ2) is 8.64. The van der Waals surface area contributed by atoms with Gasteiger partial charge in [0.05, 0.1) is 19.1 Å². The van der Waals surface area contributed by atoms with Gasteiger partial charge in [-0.05, 0) is 18.4 Å². The molecule has 6 heteroatoms. The van der Waals surface area contributed by atoms with E-state index < -0.39 is 0 Å². The number of rotatable bonds is 4. The Bertz CT molecular complexity index is 608. The molecule has 2 fully saturated rings. The van der Waals surface area contributed by atoms with Gasteiger partial charge < -0.3 is 20.3 Å². The number of nitrogens with two attached hydrogens (primary N) is 1. The predicted octanol–water partition coefficient (Wildman–Crippen LogP) is 1.42. The van der Waals surface area contributed by atoms with Gasteiger partial charge in [0.1, 0.15) is 0 Å². The van der Waals surface area contributed by atoms with E-state index in [-0.39, 0.29) is 29.7 Å². The van der Waals surface area contributed by atoms with Gasteiger partial charge in [-0.3, -0.25) is 9.59 Å². The minimum atomic E-state index is -0.309. The average molecular weight is 359 g/mol. The Morgan fingerprint density at radius 3 is 2.27 bits per heavy atom. The summed E-state index contributed by atoms with van der Waals surface area (Å²) < 4.78 is 5.31. The Balaban J connectivity index is 1.52. The van der Waals surface area contributed by atoms with Gasteiger partial charge in [0, 0.05) is 38.1 Å². The Morgan fingerprint density at radius 2 is 1.65 bits per heavy atom. The summed E-state index contributed by atoms with van der Waals surface area (Å²) in [7, 11) is 0. The molecule has 0 bridgehead atoms. The predicted molar refractivity (Wildman–Crippen MR) is 99.2 cm³/mol. The van der Waals surface area contributed by atoms with E-state index in [1.54, 1.807) is 0 Å². The Labute approximate surface area is 155 Å². The number of benzene rings is 1. The smallest absolute Gasteiger partial charge is 0.227 e. The minimum Gasteiger partial charge on any atom is -0.378 e. The van der Waals surface area contributed by atoms with Crippen LogP contribution in [-0.4, -0.2) is 61.0 Å². The number of nitrogens with zero attached hydrogens (tertiary/aromatic N) is 2. The fourth-order valence-corrected chi connectivity index (χ4v) is 3.79. The molecule has 2 heterocycles.